The van der Waals surface area contributed by atoms with Gasteiger partial charge in [-0.1, -0.05) is 37.3 Å². The number of carbonyl (C=O) groups is 2. The first-order valence-corrected chi connectivity index (χ1v) is 8.34. The molecule has 0 aliphatic carbocycles. The first-order valence-electron chi connectivity index (χ1n) is 8.34. The Bertz CT molecular complexity index is 512. The Labute approximate surface area is 138 Å². The molecule has 0 bridgehead atoms. The van der Waals surface area contributed by atoms with Gasteiger partial charge in [0.05, 0.1) is 6.10 Å². The van der Waals surface area contributed by atoms with Crippen molar-refractivity contribution in [2.45, 2.75) is 51.8 Å². The zero-order valence-electron chi connectivity index (χ0n) is 14.0. The summed E-state index contributed by atoms with van der Waals surface area (Å²) >= 11 is 0. The molecule has 1 aromatic carbocycles. The fraction of sp³-hybridized carbons (Fsp3) is 0.556. The molecule has 1 fully saturated rings. The first kappa shape index (κ1) is 17.5. The molecule has 5 nitrogen and oxygen atoms in total. The molecule has 0 aromatic heterocycles. The van der Waals surface area contributed by atoms with Crippen molar-refractivity contribution in [3.8, 4) is 0 Å². The van der Waals surface area contributed by atoms with E-state index in [9.17, 15) is 9.59 Å². The zero-order valence-corrected chi connectivity index (χ0v) is 14.0. The van der Waals surface area contributed by atoms with Gasteiger partial charge in [0.15, 0.2) is 0 Å². The van der Waals surface area contributed by atoms with Gasteiger partial charge in [0.2, 0.25) is 11.8 Å². The fourth-order valence-electron chi connectivity index (χ4n) is 2.73. The molecule has 1 saturated heterocycles. The van der Waals surface area contributed by atoms with E-state index in [2.05, 4.69) is 5.32 Å². The van der Waals surface area contributed by atoms with Crippen LogP contribution in [-0.4, -0.2) is 42.0 Å². The molecule has 0 radical (unpaired) electrons. The van der Waals surface area contributed by atoms with Crippen LogP contribution in [0.4, 0.5) is 0 Å². The number of hydrogen-bond donors (Lipinski definition) is 1. The maximum Gasteiger partial charge on any atom is 0.242 e. The quantitative estimate of drug-likeness (QED) is 0.837. The van der Waals surface area contributed by atoms with E-state index in [-0.39, 0.29) is 17.9 Å². The predicted octanol–water partition coefficient (Wildman–Crippen LogP) is 2.11. The molecule has 1 aliphatic rings. The van der Waals surface area contributed by atoms with Crippen LogP contribution in [0.5, 0.6) is 0 Å². The van der Waals surface area contributed by atoms with Crippen molar-refractivity contribution in [3.05, 3.63) is 35.9 Å². The Morgan fingerprint density at radius 3 is 2.70 bits per heavy atom. The summed E-state index contributed by atoms with van der Waals surface area (Å²) in [6, 6.07) is 9.25. The Kier molecular flexibility index (Phi) is 6.59. The monoisotopic (exact) mass is 318 g/mol. The van der Waals surface area contributed by atoms with Gasteiger partial charge < -0.3 is 15.0 Å². The van der Waals surface area contributed by atoms with Crippen molar-refractivity contribution in [2.24, 2.45) is 0 Å². The van der Waals surface area contributed by atoms with E-state index in [1.54, 1.807) is 11.8 Å². The van der Waals surface area contributed by atoms with Crippen LogP contribution < -0.4 is 5.32 Å². The zero-order chi connectivity index (χ0) is 16.7. The lowest BCUT2D eigenvalue weighted by atomic mass is 10.1. The van der Waals surface area contributed by atoms with Gasteiger partial charge in [-0.05, 0) is 25.3 Å². The lowest BCUT2D eigenvalue weighted by Gasteiger charge is -2.28. The number of rotatable bonds is 7. The average molecular weight is 318 g/mol. The van der Waals surface area contributed by atoms with Gasteiger partial charge in [-0.3, -0.25) is 9.59 Å². The topological polar surface area (TPSA) is 58.6 Å². The van der Waals surface area contributed by atoms with Crippen LogP contribution in [0.2, 0.25) is 0 Å². The van der Waals surface area contributed by atoms with E-state index in [1.165, 1.54) is 0 Å². The predicted molar refractivity (Wildman–Crippen MR) is 88.7 cm³/mol. The van der Waals surface area contributed by atoms with Crippen LogP contribution in [0.1, 0.15) is 38.7 Å². The van der Waals surface area contributed by atoms with E-state index in [4.69, 9.17) is 4.74 Å². The molecule has 2 amide bonds. The fourth-order valence-corrected chi connectivity index (χ4v) is 2.73. The number of nitrogens with zero attached hydrogens (tertiary/aromatic N) is 1. The third-order valence-corrected chi connectivity index (χ3v) is 4.19. The smallest absolute Gasteiger partial charge is 0.242 e. The largest absolute Gasteiger partial charge is 0.376 e. The van der Waals surface area contributed by atoms with Crippen molar-refractivity contribution < 1.29 is 14.3 Å². The van der Waals surface area contributed by atoms with Gasteiger partial charge in [0, 0.05) is 26.1 Å². The summed E-state index contributed by atoms with van der Waals surface area (Å²) < 4.78 is 5.51. The maximum atomic E-state index is 12.4. The number of benzene rings is 1. The lowest BCUT2D eigenvalue weighted by Crippen LogP contribution is -2.48. The van der Waals surface area contributed by atoms with Gasteiger partial charge in [0.1, 0.15) is 6.04 Å². The first-order chi connectivity index (χ1) is 11.1. The second kappa shape index (κ2) is 8.67. The van der Waals surface area contributed by atoms with Crippen LogP contribution in [0.15, 0.2) is 30.3 Å². The molecule has 5 heteroatoms. The van der Waals surface area contributed by atoms with Crippen molar-refractivity contribution in [3.63, 3.8) is 0 Å². The highest BCUT2D eigenvalue weighted by Gasteiger charge is 2.26. The number of amides is 2. The molecule has 1 aromatic rings. The van der Waals surface area contributed by atoms with Gasteiger partial charge >= 0.3 is 0 Å². The third-order valence-electron chi connectivity index (χ3n) is 4.19. The van der Waals surface area contributed by atoms with Crippen molar-refractivity contribution in [2.75, 3.05) is 13.2 Å². The molecule has 0 saturated carbocycles. The van der Waals surface area contributed by atoms with Gasteiger partial charge in [-0.2, -0.15) is 0 Å². The van der Waals surface area contributed by atoms with Crippen molar-refractivity contribution in [1.29, 1.82) is 0 Å². The van der Waals surface area contributed by atoms with E-state index < -0.39 is 6.04 Å². The normalized spacial score (nSPS) is 18.4. The molecule has 2 rings (SSSR count). The number of hydrogen-bond acceptors (Lipinski definition) is 3. The average Bonchev–Trinajstić information content (AvgIpc) is 3.10. The highest BCUT2D eigenvalue weighted by Crippen LogP contribution is 2.12. The number of ether oxygens (including phenoxy) is 1. The minimum atomic E-state index is -0.496. The standard InChI is InChI=1S/C18H26N2O3/c1-3-17(21)20(13-15-8-5-4-6-9-15)14(2)18(22)19-12-16-10-7-11-23-16/h4-6,8-9,14,16H,3,7,10-13H2,1-2H3,(H,19,22)/t14-,16-/m0/s1. The number of carbonyl (C=O) groups excluding carboxylic acids is 2. The molecular formula is C18H26N2O3. The van der Waals surface area contributed by atoms with Crippen molar-refractivity contribution in [1.82, 2.24) is 10.2 Å². The minimum absolute atomic E-state index is 0.0198. The van der Waals surface area contributed by atoms with E-state index in [0.29, 0.717) is 19.5 Å². The molecule has 0 unspecified atom stereocenters. The SMILES string of the molecule is CCC(=O)N(Cc1ccccc1)[C@@H](C)C(=O)NC[C@@H]1CCCO1. The second-order valence-corrected chi connectivity index (χ2v) is 5.92. The highest BCUT2D eigenvalue weighted by molar-refractivity contribution is 5.87. The van der Waals surface area contributed by atoms with Crippen LogP contribution in [-0.2, 0) is 20.9 Å². The minimum Gasteiger partial charge on any atom is -0.376 e. The summed E-state index contributed by atoms with van der Waals surface area (Å²) in [5.41, 5.74) is 1.02. The van der Waals surface area contributed by atoms with Crippen molar-refractivity contribution >= 4 is 11.8 Å². The van der Waals surface area contributed by atoms with E-state index in [0.717, 1.165) is 25.0 Å². The highest BCUT2D eigenvalue weighted by atomic mass is 16.5. The second-order valence-electron chi connectivity index (χ2n) is 5.92. The molecule has 126 valence electrons. The summed E-state index contributed by atoms with van der Waals surface area (Å²) in [5.74, 6) is -0.146. The Morgan fingerprint density at radius 2 is 2.09 bits per heavy atom. The van der Waals surface area contributed by atoms with Gasteiger partial charge in [-0.25, -0.2) is 0 Å². The van der Waals surface area contributed by atoms with E-state index in [1.807, 2.05) is 37.3 Å². The van der Waals surface area contributed by atoms with Gasteiger partial charge in [-0.15, -0.1) is 0 Å². The summed E-state index contributed by atoms with van der Waals surface area (Å²) in [7, 11) is 0. The maximum absolute atomic E-state index is 12.4. The van der Waals surface area contributed by atoms with Crippen LogP contribution in [0, 0.1) is 0 Å². The molecule has 1 aliphatic heterocycles. The van der Waals surface area contributed by atoms with Crippen LogP contribution >= 0.6 is 0 Å². The van der Waals surface area contributed by atoms with E-state index >= 15 is 0 Å². The van der Waals surface area contributed by atoms with Crippen LogP contribution in [0.3, 0.4) is 0 Å². The Balaban J connectivity index is 1.96. The molecule has 0 spiro atoms. The number of nitrogens with one attached hydrogen (secondary N) is 1. The lowest BCUT2D eigenvalue weighted by molar-refractivity contribution is -0.140. The summed E-state index contributed by atoms with van der Waals surface area (Å²) in [6.45, 7) is 5.33. The molecular weight excluding hydrogens is 292 g/mol. The summed E-state index contributed by atoms with van der Waals surface area (Å²) in [6.07, 6.45) is 2.52. The van der Waals surface area contributed by atoms with Gasteiger partial charge in [0.25, 0.3) is 0 Å². The van der Waals surface area contributed by atoms with Crippen LogP contribution in [0.25, 0.3) is 0 Å². The third kappa shape index (κ3) is 5.06. The molecule has 1 heterocycles. The molecule has 1 N–H and O–H groups in total. The Morgan fingerprint density at radius 1 is 1.35 bits per heavy atom. The summed E-state index contributed by atoms with van der Waals surface area (Å²) in [4.78, 5) is 26.3. The molecule has 2 atom stereocenters. The summed E-state index contributed by atoms with van der Waals surface area (Å²) in [5, 5.41) is 2.91. The molecule has 23 heavy (non-hydrogen) atoms. The Hall–Kier alpha value is -1.88.